The fourth-order valence-electron chi connectivity index (χ4n) is 2.74. The highest BCUT2D eigenvalue weighted by Crippen LogP contribution is 2.22. The predicted octanol–water partition coefficient (Wildman–Crippen LogP) is 3.07. The van der Waals surface area contributed by atoms with Gasteiger partial charge in [0.1, 0.15) is 0 Å². The minimum atomic E-state index is 0. The van der Waals surface area contributed by atoms with Crippen LogP contribution in [0.15, 0.2) is 29.4 Å². The van der Waals surface area contributed by atoms with E-state index in [0.717, 1.165) is 31.9 Å². The van der Waals surface area contributed by atoms with Crippen molar-refractivity contribution in [3.63, 3.8) is 0 Å². The summed E-state index contributed by atoms with van der Waals surface area (Å²) in [5.41, 5.74) is 3.94. The molecule has 0 fully saturated rings. The summed E-state index contributed by atoms with van der Waals surface area (Å²) in [7, 11) is 0. The van der Waals surface area contributed by atoms with E-state index in [1.54, 1.807) is 0 Å². The maximum absolute atomic E-state index is 9.11. The van der Waals surface area contributed by atoms with Crippen molar-refractivity contribution in [3.05, 3.63) is 35.5 Å². The molecule has 25 heavy (non-hydrogen) atoms. The van der Waals surface area contributed by atoms with E-state index in [-0.39, 0.29) is 36.5 Å². The van der Waals surface area contributed by atoms with Crippen LogP contribution in [0.1, 0.15) is 31.9 Å². The molecule has 1 atom stereocenters. The first kappa shape index (κ1) is 21.8. The lowest BCUT2D eigenvalue weighted by molar-refractivity contribution is 0.241. The second kappa shape index (κ2) is 11.4. The highest BCUT2D eigenvalue weighted by atomic mass is 127. The van der Waals surface area contributed by atoms with Gasteiger partial charge in [-0.25, -0.2) is 0 Å². The van der Waals surface area contributed by atoms with E-state index in [1.807, 2.05) is 6.92 Å². The number of aliphatic hydroxyl groups is 1. The van der Waals surface area contributed by atoms with Gasteiger partial charge in [-0.05, 0) is 36.8 Å². The number of aliphatic hydroxyl groups excluding tert-OH is 1. The van der Waals surface area contributed by atoms with Gasteiger partial charge in [0.2, 0.25) is 0 Å². The number of rotatable bonds is 8. The monoisotopic (exact) mass is 458 g/mol. The Balaban J connectivity index is 0.00000312. The Morgan fingerprint density at radius 3 is 2.72 bits per heavy atom. The smallest absolute Gasteiger partial charge is 0.191 e. The number of aromatic amines is 1. The molecule has 0 amide bonds. The van der Waals surface area contributed by atoms with Gasteiger partial charge in [0.15, 0.2) is 5.96 Å². The van der Waals surface area contributed by atoms with Crippen molar-refractivity contribution in [1.82, 2.24) is 15.6 Å². The molecule has 0 bridgehead atoms. The van der Waals surface area contributed by atoms with Crippen molar-refractivity contribution >= 4 is 40.8 Å². The Labute approximate surface area is 167 Å². The third kappa shape index (κ3) is 6.18. The van der Waals surface area contributed by atoms with Crippen LogP contribution in [0.5, 0.6) is 0 Å². The topological polar surface area (TPSA) is 72.4 Å². The highest BCUT2D eigenvalue weighted by molar-refractivity contribution is 14.0. The summed E-state index contributed by atoms with van der Waals surface area (Å²) >= 11 is 0. The number of nitrogens with zero attached hydrogens (tertiary/aromatic N) is 1. The molecule has 0 saturated heterocycles. The number of benzene rings is 1. The molecule has 1 unspecified atom stereocenters. The summed E-state index contributed by atoms with van der Waals surface area (Å²) in [5.74, 6) is 0.994. The predicted molar refractivity (Wildman–Crippen MR) is 117 cm³/mol. The summed E-state index contributed by atoms with van der Waals surface area (Å²) in [4.78, 5) is 7.94. The van der Waals surface area contributed by atoms with Crippen LogP contribution in [-0.2, 0) is 12.8 Å². The number of aryl methyl sites for hydroxylation is 1. The molecule has 0 aliphatic heterocycles. The quantitative estimate of drug-likeness (QED) is 0.279. The summed E-state index contributed by atoms with van der Waals surface area (Å²) in [6.45, 7) is 8.66. The number of nitrogens with one attached hydrogen (secondary N) is 3. The summed E-state index contributed by atoms with van der Waals surface area (Å²) in [5, 5.41) is 17.0. The van der Waals surface area contributed by atoms with Crippen molar-refractivity contribution < 1.29 is 5.11 Å². The number of halogens is 1. The number of hydrogen-bond acceptors (Lipinski definition) is 2. The van der Waals surface area contributed by atoms with Crippen LogP contribution < -0.4 is 10.6 Å². The molecule has 6 heteroatoms. The molecule has 0 saturated carbocycles. The molecule has 1 aromatic carbocycles. The van der Waals surface area contributed by atoms with Gasteiger partial charge in [0, 0.05) is 43.3 Å². The largest absolute Gasteiger partial charge is 0.396 e. The molecule has 4 N–H and O–H groups in total. The molecule has 0 radical (unpaired) electrons. The number of aliphatic imine (C=N–C) groups is 1. The van der Waals surface area contributed by atoms with Gasteiger partial charge < -0.3 is 20.7 Å². The maximum Gasteiger partial charge on any atom is 0.191 e. The standard InChI is InChI=1S/C19H30N4O.HI/c1-4-15-7-6-8-17-16(12-22-18(15)17)9-10-21-19(20-5-2)23-11-14(3)13-24;/h6-8,12,14,22,24H,4-5,9-11,13H2,1-3H3,(H2,20,21,23);1H. The zero-order valence-electron chi connectivity index (χ0n) is 15.4. The van der Waals surface area contributed by atoms with Crippen molar-refractivity contribution in [2.75, 3.05) is 26.2 Å². The van der Waals surface area contributed by atoms with E-state index in [2.05, 4.69) is 58.9 Å². The normalized spacial score (nSPS) is 12.7. The summed E-state index contributed by atoms with van der Waals surface area (Å²) in [6, 6.07) is 6.50. The lowest BCUT2D eigenvalue weighted by Gasteiger charge is -2.12. The lowest BCUT2D eigenvalue weighted by Crippen LogP contribution is -2.38. The molecular formula is C19H31IN4O. The highest BCUT2D eigenvalue weighted by Gasteiger charge is 2.07. The number of aromatic nitrogens is 1. The molecule has 5 nitrogen and oxygen atoms in total. The molecule has 1 heterocycles. The van der Waals surface area contributed by atoms with E-state index in [1.165, 1.54) is 22.0 Å². The molecular weight excluding hydrogens is 427 g/mol. The number of H-pyrrole nitrogens is 1. The van der Waals surface area contributed by atoms with Gasteiger partial charge in [0.05, 0.1) is 0 Å². The summed E-state index contributed by atoms with van der Waals surface area (Å²) in [6.07, 6.45) is 4.09. The summed E-state index contributed by atoms with van der Waals surface area (Å²) < 4.78 is 0. The van der Waals surface area contributed by atoms with E-state index in [9.17, 15) is 0 Å². The Bertz CT molecular complexity index is 668. The molecule has 0 aliphatic carbocycles. The van der Waals surface area contributed by atoms with Gasteiger partial charge >= 0.3 is 0 Å². The molecule has 0 aliphatic rings. The third-order valence-electron chi connectivity index (χ3n) is 4.17. The SMILES string of the molecule is CCNC(=NCC(C)CO)NCCc1c[nH]c2c(CC)cccc12.I. The van der Waals surface area contributed by atoms with Crippen LogP contribution in [0.25, 0.3) is 10.9 Å². The van der Waals surface area contributed by atoms with Gasteiger partial charge in [-0.1, -0.05) is 32.0 Å². The number of hydrogen-bond donors (Lipinski definition) is 4. The van der Waals surface area contributed by atoms with Crippen molar-refractivity contribution in [2.45, 2.75) is 33.6 Å². The average Bonchev–Trinajstić information content (AvgIpc) is 3.02. The fourth-order valence-corrected chi connectivity index (χ4v) is 2.74. The average molecular weight is 458 g/mol. The Kier molecular flexibility index (Phi) is 9.89. The zero-order chi connectivity index (χ0) is 17.4. The third-order valence-corrected chi connectivity index (χ3v) is 4.17. The second-order valence-corrected chi connectivity index (χ2v) is 6.19. The molecule has 2 aromatic rings. The van der Waals surface area contributed by atoms with Crippen molar-refractivity contribution in [3.8, 4) is 0 Å². The molecule has 2 rings (SSSR count). The van der Waals surface area contributed by atoms with E-state index >= 15 is 0 Å². The zero-order valence-corrected chi connectivity index (χ0v) is 17.8. The van der Waals surface area contributed by atoms with Crippen LogP contribution in [0, 0.1) is 5.92 Å². The van der Waals surface area contributed by atoms with Gasteiger partial charge in [-0.15, -0.1) is 24.0 Å². The first-order valence-electron chi connectivity index (χ1n) is 8.90. The van der Waals surface area contributed by atoms with Gasteiger partial charge in [-0.3, -0.25) is 4.99 Å². The van der Waals surface area contributed by atoms with Crippen LogP contribution in [-0.4, -0.2) is 42.3 Å². The van der Waals surface area contributed by atoms with E-state index in [4.69, 9.17) is 5.11 Å². The number of para-hydroxylation sites is 1. The number of fused-ring (bicyclic) bond motifs is 1. The van der Waals surface area contributed by atoms with Crippen molar-refractivity contribution in [2.24, 2.45) is 10.9 Å². The van der Waals surface area contributed by atoms with Crippen LogP contribution in [0.3, 0.4) is 0 Å². The van der Waals surface area contributed by atoms with Gasteiger partial charge in [-0.2, -0.15) is 0 Å². The number of guanidine groups is 1. The van der Waals surface area contributed by atoms with E-state index in [0.29, 0.717) is 6.54 Å². The maximum atomic E-state index is 9.11. The van der Waals surface area contributed by atoms with Crippen molar-refractivity contribution in [1.29, 1.82) is 0 Å². The van der Waals surface area contributed by atoms with Gasteiger partial charge in [0.25, 0.3) is 0 Å². The fraction of sp³-hybridized carbons (Fsp3) is 0.526. The Hall–Kier alpha value is -1.28. The van der Waals surface area contributed by atoms with Crippen LogP contribution in [0.4, 0.5) is 0 Å². The van der Waals surface area contributed by atoms with Crippen LogP contribution in [0.2, 0.25) is 0 Å². The van der Waals surface area contributed by atoms with E-state index < -0.39 is 0 Å². The first-order valence-corrected chi connectivity index (χ1v) is 8.90. The Morgan fingerprint density at radius 2 is 2.04 bits per heavy atom. The Morgan fingerprint density at radius 1 is 1.24 bits per heavy atom. The van der Waals surface area contributed by atoms with Crippen LogP contribution >= 0.6 is 24.0 Å². The second-order valence-electron chi connectivity index (χ2n) is 6.19. The molecule has 140 valence electrons. The minimum absolute atomic E-state index is 0. The molecule has 0 spiro atoms. The first-order chi connectivity index (χ1) is 11.7. The molecule has 1 aromatic heterocycles. The lowest BCUT2D eigenvalue weighted by atomic mass is 10.1. The minimum Gasteiger partial charge on any atom is -0.396 e.